The van der Waals surface area contributed by atoms with Crippen LogP contribution in [0.5, 0.6) is 11.5 Å². The highest BCUT2D eigenvalue weighted by Gasteiger charge is 2.41. The highest BCUT2D eigenvalue weighted by molar-refractivity contribution is 7.99. The molecule has 3 rings (SSSR count). The van der Waals surface area contributed by atoms with E-state index in [0.29, 0.717) is 17.4 Å². The smallest absolute Gasteiger partial charge is 0.306 e. The summed E-state index contributed by atoms with van der Waals surface area (Å²) in [6.45, 7) is 4.50. The topological polar surface area (TPSA) is 77.8 Å². The first kappa shape index (κ1) is 29.4. The minimum atomic E-state index is -0.617. The zero-order valence-electron chi connectivity index (χ0n) is 22.8. The number of carboxylic acid groups (broad SMARTS) is 1. The van der Waals surface area contributed by atoms with Gasteiger partial charge in [0.1, 0.15) is 11.5 Å². The third kappa shape index (κ3) is 8.43. The fraction of sp³-hybridized carbons (Fsp3) is 0.594. The highest BCUT2D eigenvalue weighted by Crippen LogP contribution is 2.52. The second-order valence-electron chi connectivity index (χ2n) is 11.1. The molecule has 0 bridgehead atoms. The molecule has 0 saturated carbocycles. The van der Waals surface area contributed by atoms with E-state index in [4.69, 9.17) is 0 Å². The van der Waals surface area contributed by atoms with Crippen molar-refractivity contribution in [3.8, 4) is 11.5 Å². The zero-order valence-corrected chi connectivity index (χ0v) is 23.6. The van der Waals surface area contributed by atoms with E-state index in [1.807, 2.05) is 23.9 Å². The lowest BCUT2D eigenvalue weighted by molar-refractivity contribution is -0.142. The average molecular weight is 527 g/mol. The van der Waals surface area contributed by atoms with Gasteiger partial charge in [0.15, 0.2) is 0 Å². The molecular weight excluding hydrogens is 480 g/mol. The predicted octanol–water partition coefficient (Wildman–Crippen LogP) is 9.04. The fourth-order valence-electron chi connectivity index (χ4n) is 5.86. The summed E-state index contributed by atoms with van der Waals surface area (Å²) >= 11 is 1.82. The summed E-state index contributed by atoms with van der Waals surface area (Å²) < 4.78 is 0. The molecule has 5 heteroatoms. The number of phenols is 2. The van der Waals surface area contributed by atoms with Crippen molar-refractivity contribution >= 4 is 17.7 Å². The monoisotopic (exact) mass is 526 g/mol. The maximum Gasteiger partial charge on any atom is 0.306 e. The molecule has 2 aromatic carbocycles. The van der Waals surface area contributed by atoms with Gasteiger partial charge in [-0.2, -0.15) is 0 Å². The van der Waals surface area contributed by atoms with Crippen LogP contribution in [0.3, 0.4) is 0 Å². The number of aliphatic carboxylic acids is 1. The molecule has 0 fully saturated rings. The zero-order chi connectivity index (χ0) is 26.7. The van der Waals surface area contributed by atoms with Gasteiger partial charge < -0.3 is 15.3 Å². The minimum absolute atomic E-state index is 0.0276. The molecule has 3 atom stereocenters. The molecule has 204 valence electrons. The maximum absolute atomic E-state index is 11.5. The first-order chi connectivity index (χ1) is 17.8. The summed E-state index contributed by atoms with van der Waals surface area (Å²) in [5.41, 5.74) is 2.56. The van der Waals surface area contributed by atoms with Gasteiger partial charge >= 0.3 is 5.97 Å². The van der Waals surface area contributed by atoms with E-state index >= 15 is 0 Å². The number of carbonyl (C=O) groups is 1. The predicted molar refractivity (Wildman–Crippen MR) is 154 cm³/mol. The van der Waals surface area contributed by atoms with Crippen LogP contribution in [-0.4, -0.2) is 27.0 Å². The number of rotatable bonds is 16. The molecule has 1 aliphatic rings. The summed E-state index contributed by atoms with van der Waals surface area (Å²) in [6.07, 6.45) is 14.2. The summed E-state index contributed by atoms with van der Waals surface area (Å²) in [5.74, 6) is 1.17. The lowest BCUT2D eigenvalue weighted by atomic mass is 9.68. The van der Waals surface area contributed by atoms with Crippen molar-refractivity contribution in [1.82, 2.24) is 0 Å². The van der Waals surface area contributed by atoms with E-state index in [0.717, 1.165) is 57.1 Å². The Kier molecular flexibility index (Phi) is 11.7. The summed E-state index contributed by atoms with van der Waals surface area (Å²) in [6, 6.07) is 13.5. The average Bonchev–Trinajstić information content (AvgIpc) is 2.88. The SMILES string of the molecule is CCCCCC(CCCCCCCCC[C@@H]1c2ccc(O)cc2SC[C@]1(C)c1ccc(O)cc1)C(=O)O. The number of aromatic hydroxyl groups is 2. The van der Waals surface area contributed by atoms with Crippen LogP contribution in [0.25, 0.3) is 0 Å². The lowest BCUT2D eigenvalue weighted by Crippen LogP contribution is -2.36. The molecule has 1 unspecified atom stereocenters. The van der Waals surface area contributed by atoms with E-state index in [-0.39, 0.29) is 11.3 Å². The van der Waals surface area contributed by atoms with Gasteiger partial charge in [0.25, 0.3) is 0 Å². The van der Waals surface area contributed by atoms with Crippen LogP contribution in [0.15, 0.2) is 47.4 Å². The lowest BCUT2D eigenvalue weighted by Gasteiger charge is -2.43. The van der Waals surface area contributed by atoms with Crippen molar-refractivity contribution in [2.24, 2.45) is 5.92 Å². The molecule has 0 saturated heterocycles. The molecule has 1 aliphatic heterocycles. The van der Waals surface area contributed by atoms with Crippen LogP contribution in [0.1, 0.15) is 114 Å². The number of hydrogen-bond donors (Lipinski definition) is 3. The number of hydrogen-bond acceptors (Lipinski definition) is 4. The third-order valence-corrected chi connectivity index (χ3v) is 9.66. The van der Waals surface area contributed by atoms with Crippen LogP contribution in [0.2, 0.25) is 0 Å². The van der Waals surface area contributed by atoms with E-state index in [1.165, 1.54) is 48.1 Å². The van der Waals surface area contributed by atoms with Crippen LogP contribution in [0.4, 0.5) is 0 Å². The molecule has 37 heavy (non-hydrogen) atoms. The molecule has 0 radical (unpaired) electrons. The Hall–Kier alpha value is -2.14. The quantitative estimate of drug-likeness (QED) is 0.190. The molecule has 0 aliphatic carbocycles. The fourth-order valence-corrected chi connectivity index (χ4v) is 7.27. The molecule has 0 amide bonds. The second-order valence-corrected chi connectivity index (χ2v) is 12.1. The van der Waals surface area contributed by atoms with Gasteiger partial charge in [0, 0.05) is 16.1 Å². The van der Waals surface area contributed by atoms with Gasteiger partial charge in [-0.3, -0.25) is 4.79 Å². The largest absolute Gasteiger partial charge is 0.508 e. The Morgan fingerprint density at radius 3 is 2.14 bits per heavy atom. The molecule has 3 N–H and O–H groups in total. The van der Waals surface area contributed by atoms with E-state index in [9.17, 15) is 20.1 Å². The highest BCUT2D eigenvalue weighted by atomic mass is 32.2. The molecule has 0 spiro atoms. The molecule has 2 aromatic rings. The third-order valence-electron chi connectivity index (χ3n) is 8.25. The standard InChI is InChI=1S/C32H46O4S/c1-3-4-10-13-24(31(35)36)14-11-8-6-5-7-9-12-15-29-28-21-20-27(34)22-30(28)37-23-32(29,2)25-16-18-26(33)19-17-25/h16-22,24,29,33-34H,3-15,23H2,1-2H3,(H,35,36)/t24?,29-,32-/m1/s1. The van der Waals surface area contributed by atoms with Crippen molar-refractivity contribution in [1.29, 1.82) is 0 Å². The van der Waals surface area contributed by atoms with Crippen LogP contribution < -0.4 is 0 Å². The number of carboxylic acids is 1. The Balaban J connectivity index is 1.46. The van der Waals surface area contributed by atoms with E-state index in [2.05, 4.69) is 32.0 Å². The maximum atomic E-state index is 11.5. The first-order valence-corrected chi connectivity index (χ1v) is 15.3. The van der Waals surface area contributed by atoms with Crippen LogP contribution in [0, 0.1) is 5.92 Å². The normalized spacial score (nSPS) is 19.9. The van der Waals surface area contributed by atoms with Gasteiger partial charge in [0.05, 0.1) is 5.92 Å². The number of phenolic OH excluding ortho intramolecular Hbond substituents is 2. The van der Waals surface area contributed by atoms with Crippen LogP contribution in [-0.2, 0) is 10.2 Å². The van der Waals surface area contributed by atoms with Gasteiger partial charge in [-0.15, -0.1) is 11.8 Å². The van der Waals surface area contributed by atoms with Gasteiger partial charge in [0.2, 0.25) is 0 Å². The minimum Gasteiger partial charge on any atom is -0.508 e. The van der Waals surface area contributed by atoms with Gasteiger partial charge in [-0.1, -0.05) is 96.3 Å². The molecular formula is C32H46O4S. The van der Waals surface area contributed by atoms with E-state index < -0.39 is 5.97 Å². The van der Waals surface area contributed by atoms with Gasteiger partial charge in [-0.05, 0) is 60.6 Å². The number of benzene rings is 2. The number of unbranched alkanes of at least 4 members (excludes halogenated alkanes) is 8. The van der Waals surface area contributed by atoms with E-state index in [1.54, 1.807) is 12.1 Å². The summed E-state index contributed by atoms with van der Waals surface area (Å²) in [5, 5.41) is 29.3. The Morgan fingerprint density at radius 2 is 1.49 bits per heavy atom. The molecule has 1 heterocycles. The number of thioether (sulfide) groups is 1. The molecule has 0 aromatic heterocycles. The van der Waals surface area contributed by atoms with Crippen molar-refractivity contribution in [2.45, 2.75) is 114 Å². The van der Waals surface area contributed by atoms with Gasteiger partial charge in [-0.25, -0.2) is 0 Å². The number of fused-ring (bicyclic) bond motifs is 1. The Labute approximate surface area is 227 Å². The van der Waals surface area contributed by atoms with Crippen molar-refractivity contribution in [3.05, 3.63) is 53.6 Å². The summed E-state index contributed by atoms with van der Waals surface area (Å²) in [4.78, 5) is 12.7. The Bertz CT molecular complexity index is 973. The van der Waals surface area contributed by atoms with Crippen molar-refractivity contribution in [3.63, 3.8) is 0 Å². The van der Waals surface area contributed by atoms with Crippen molar-refractivity contribution < 1.29 is 20.1 Å². The second kappa shape index (κ2) is 14.7. The molecule has 4 nitrogen and oxygen atoms in total. The van der Waals surface area contributed by atoms with Crippen molar-refractivity contribution in [2.75, 3.05) is 5.75 Å². The summed E-state index contributed by atoms with van der Waals surface area (Å²) in [7, 11) is 0. The van der Waals surface area contributed by atoms with Crippen LogP contribution >= 0.6 is 11.8 Å². The Morgan fingerprint density at radius 1 is 0.892 bits per heavy atom. The first-order valence-electron chi connectivity index (χ1n) is 14.3.